The summed E-state index contributed by atoms with van der Waals surface area (Å²) in [5, 5.41) is 5.20. The Kier molecular flexibility index (Phi) is 5.30. The summed E-state index contributed by atoms with van der Waals surface area (Å²) in [5.74, 6) is -0.818. The van der Waals surface area contributed by atoms with Gasteiger partial charge >= 0.3 is 11.8 Å². The highest BCUT2D eigenvalue weighted by molar-refractivity contribution is 6.39. The van der Waals surface area contributed by atoms with Gasteiger partial charge in [0, 0.05) is 23.7 Å². The molecule has 3 rings (SSSR count). The molecule has 0 aromatic heterocycles. The molecule has 2 amide bonds. The fourth-order valence-corrected chi connectivity index (χ4v) is 2.95. The first kappa shape index (κ1) is 18.7. The van der Waals surface area contributed by atoms with Crippen molar-refractivity contribution < 1.29 is 23.5 Å². The Bertz CT molecular complexity index is 848. The molecular formula is C20H21FN2O4. The minimum absolute atomic E-state index is 0.215. The Morgan fingerprint density at radius 3 is 2.26 bits per heavy atom. The van der Waals surface area contributed by atoms with E-state index in [1.165, 1.54) is 26.4 Å². The van der Waals surface area contributed by atoms with E-state index in [1.54, 1.807) is 30.3 Å². The van der Waals surface area contributed by atoms with E-state index in [0.717, 1.165) is 18.4 Å². The maximum absolute atomic E-state index is 13.1. The first-order valence-corrected chi connectivity index (χ1v) is 8.55. The van der Waals surface area contributed by atoms with Crippen LogP contribution in [0.4, 0.5) is 10.1 Å². The van der Waals surface area contributed by atoms with E-state index < -0.39 is 11.8 Å². The van der Waals surface area contributed by atoms with E-state index in [1.807, 2.05) is 0 Å². The zero-order valence-electron chi connectivity index (χ0n) is 15.2. The van der Waals surface area contributed by atoms with Crippen LogP contribution in [0.15, 0.2) is 42.5 Å². The topological polar surface area (TPSA) is 76.7 Å². The molecule has 0 bridgehead atoms. The largest absolute Gasteiger partial charge is 0.493 e. The van der Waals surface area contributed by atoms with Gasteiger partial charge < -0.3 is 20.1 Å². The Morgan fingerprint density at radius 2 is 1.67 bits per heavy atom. The third kappa shape index (κ3) is 4.19. The van der Waals surface area contributed by atoms with Gasteiger partial charge in [-0.25, -0.2) is 4.39 Å². The molecule has 2 N–H and O–H groups in total. The predicted octanol–water partition coefficient (Wildman–Crippen LogP) is 2.63. The summed E-state index contributed by atoms with van der Waals surface area (Å²) in [6.07, 6.45) is 1.77. The highest BCUT2D eigenvalue weighted by atomic mass is 19.1. The number of halogens is 1. The van der Waals surface area contributed by atoms with Crippen molar-refractivity contribution >= 4 is 17.5 Å². The monoisotopic (exact) mass is 372 g/mol. The molecule has 0 unspecified atom stereocenters. The van der Waals surface area contributed by atoms with Crippen LogP contribution < -0.4 is 20.1 Å². The first-order valence-electron chi connectivity index (χ1n) is 8.55. The van der Waals surface area contributed by atoms with Crippen LogP contribution in [0.5, 0.6) is 11.5 Å². The Morgan fingerprint density at radius 1 is 1.00 bits per heavy atom. The number of hydrogen-bond donors (Lipinski definition) is 2. The summed E-state index contributed by atoms with van der Waals surface area (Å²) in [6.45, 7) is 0.330. The number of amides is 2. The number of nitrogens with one attached hydrogen (secondary N) is 2. The molecule has 7 heteroatoms. The summed E-state index contributed by atoms with van der Waals surface area (Å²) in [7, 11) is 3.00. The van der Waals surface area contributed by atoms with Gasteiger partial charge in [0.15, 0.2) is 11.5 Å². The number of carbonyl (C=O) groups excluding carboxylic acids is 2. The molecule has 142 valence electrons. The second kappa shape index (κ2) is 7.65. The molecule has 6 nitrogen and oxygen atoms in total. The molecule has 1 saturated carbocycles. The van der Waals surface area contributed by atoms with Gasteiger partial charge in [0.2, 0.25) is 0 Å². The Labute approximate surface area is 156 Å². The number of benzene rings is 2. The highest BCUT2D eigenvalue weighted by Gasteiger charge is 2.44. The van der Waals surface area contributed by atoms with Crippen molar-refractivity contribution in [3.05, 3.63) is 53.8 Å². The number of ether oxygens (including phenoxy) is 2. The van der Waals surface area contributed by atoms with Crippen LogP contribution in [0.1, 0.15) is 18.4 Å². The van der Waals surface area contributed by atoms with E-state index in [9.17, 15) is 14.0 Å². The van der Waals surface area contributed by atoms with E-state index in [0.29, 0.717) is 23.7 Å². The van der Waals surface area contributed by atoms with Crippen LogP contribution >= 0.6 is 0 Å². The van der Waals surface area contributed by atoms with Gasteiger partial charge in [-0.2, -0.15) is 0 Å². The smallest absolute Gasteiger partial charge is 0.313 e. The zero-order valence-corrected chi connectivity index (χ0v) is 15.2. The van der Waals surface area contributed by atoms with Crippen molar-refractivity contribution in [1.29, 1.82) is 0 Å². The maximum atomic E-state index is 13.1. The average Bonchev–Trinajstić information content (AvgIpc) is 3.47. The number of methoxy groups -OCH3 is 2. The Balaban J connectivity index is 1.58. The average molecular weight is 372 g/mol. The number of rotatable bonds is 6. The van der Waals surface area contributed by atoms with Gasteiger partial charge in [-0.15, -0.1) is 0 Å². The fraction of sp³-hybridized carbons (Fsp3) is 0.300. The number of carbonyl (C=O) groups is 2. The molecule has 1 aliphatic rings. The first-order chi connectivity index (χ1) is 13.0. The number of hydrogen-bond acceptors (Lipinski definition) is 4. The molecule has 0 radical (unpaired) electrons. The lowest BCUT2D eigenvalue weighted by Gasteiger charge is -2.16. The number of anilines is 1. The van der Waals surface area contributed by atoms with Crippen molar-refractivity contribution in [3.63, 3.8) is 0 Å². The molecule has 1 aliphatic carbocycles. The summed E-state index contributed by atoms with van der Waals surface area (Å²) in [4.78, 5) is 24.3. The van der Waals surface area contributed by atoms with Crippen LogP contribution in [0.25, 0.3) is 0 Å². The molecule has 1 fully saturated rings. The SMILES string of the molecule is COc1ccc(NC(=O)C(=O)NCC2(c3ccc(F)cc3)CC2)cc1OC. The van der Waals surface area contributed by atoms with Gasteiger partial charge in [-0.1, -0.05) is 12.1 Å². The molecule has 0 heterocycles. The van der Waals surface area contributed by atoms with E-state index >= 15 is 0 Å². The molecule has 0 saturated heterocycles. The lowest BCUT2D eigenvalue weighted by molar-refractivity contribution is -0.136. The molecule has 27 heavy (non-hydrogen) atoms. The summed E-state index contributed by atoms with van der Waals surface area (Å²) in [6, 6.07) is 11.1. The standard InChI is InChI=1S/C20H21FN2O4/c1-26-16-8-7-15(11-17(16)27-2)23-19(25)18(24)22-12-20(9-10-20)13-3-5-14(21)6-4-13/h3-8,11H,9-10,12H2,1-2H3,(H,22,24)(H,23,25). The maximum Gasteiger partial charge on any atom is 0.313 e. The highest BCUT2D eigenvalue weighted by Crippen LogP contribution is 2.47. The van der Waals surface area contributed by atoms with E-state index in [-0.39, 0.29) is 11.2 Å². The summed E-state index contributed by atoms with van der Waals surface area (Å²) >= 11 is 0. The quantitative estimate of drug-likeness (QED) is 0.765. The summed E-state index contributed by atoms with van der Waals surface area (Å²) in [5.41, 5.74) is 1.17. The lowest BCUT2D eigenvalue weighted by atomic mass is 9.96. The second-order valence-corrected chi connectivity index (χ2v) is 6.49. The molecule has 2 aromatic carbocycles. The van der Waals surface area contributed by atoms with Crippen molar-refractivity contribution in [2.75, 3.05) is 26.1 Å². The third-order valence-electron chi connectivity index (χ3n) is 4.75. The van der Waals surface area contributed by atoms with Gasteiger partial charge in [0.25, 0.3) is 0 Å². The van der Waals surface area contributed by atoms with Crippen molar-refractivity contribution in [2.24, 2.45) is 0 Å². The summed E-state index contributed by atoms with van der Waals surface area (Å²) < 4.78 is 23.4. The van der Waals surface area contributed by atoms with Crippen LogP contribution in [-0.4, -0.2) is 32.6 Å². The van der Waals surface area contributed by atoms with Crippen LogP contribution in [0.3, 0.4) is 0 Å². The predicted molar refractivity (Wildman–Crippen MR) is 98.5 cm³/mol. The van der Waals surface area contributed by atoms with Crippen LogP contribution in [0, 0.1) is 5.82 Å². The van der Waals surface area contributed by atoms with E-state index in [2.05, 4.69) is 10.6 Å². The minimum Gasteiger partial charge on any atom is -0.493 e. The second-order valence-electron chi connectivity index (χ2n) is 6.49. The molecule has 0 atom stereocenters. The third-order valence-corrected chi connectivity index (χ3v) is 4.75. The normalized spacial score (nSPS) is 14.2. The molecule has 2 aromatic rings. The molecular weight excluding hydrogens is 351 g/mol. The van der Waals surface area contributed by atoms with E-state index in [4.69, 9.17) is 9.47 Å². The van der Waals surface area contributed by atoms with Crippen LogP contribution in [-0.2, 0) is 15.0 Å². The lowest BCUT2D eigenvalue weighted by Crippen LogP contribution is -2.39. The minimum atomic E-state index is -0.767. The van der Waals surface area contributed by atoms with Gasteiger partial charge in [-0.05, 0) is 42.7 Å². The van der Waals surface area contributed by atoms with Gasteiger partial charge in [0.05, 0.1) is 14.2 Å². The molecule has 0 aliphatic heterocycles. The molecule has 0 spiro atoms. The van der Waals surface area contributed by atoms with Gasteiger partial charge in [-0.3, -0.25) is 9.59 Å². The van der Waals surface area contributed by atoms with Crippen LogP contribution in [0.2, 0.25) is 0 Å². The van der Waals surface area contributed by atoms with Crippen molar-refractivity contribution in [1.82, 2.24) is 5.32 Å². The Hall–Kier alpha value is -3.09. The van der Waals surface area contributed by atoms with Gasteiger partial charge in [0.1, 0.15) is 5.82 Å². The van der Waals surface area contributed by atoms with Crippen molar-refractivity contribution in [3.8, 4) is 11.5 Å². The van der Waals surface area contributed by atoms with Crippen molar-refractivity contribution in [2.45, 2.75) is 18.3 Å². The zero-order chi connectivity index (χ0) is 19.4. The fourth-order valence-electron chi connectivity index (χ4n) is 2.95.